The lowest BCUT2D eigenvalue weighted by Crippen LogP contribution is -2.08. The first-order valence-electron chi connectivity index (χ1n) is 7.26. The van der Waals surface area contributed by atoms with Gasteiger partial charge in [-0.1, -0.05) is 6.92 Å². The van der Waals surface area contributed by atoms with Gasteiger partial charge in [-0.2, -0.15) is 0 Å². The average molecular weight is 319 g/mol. The predicted molar refractivity (Wildman–Crippen MR) is 87.8 cm³/mol. The monoisotopic (exact) mass is 319 g/mol. The summed E-state index contributed by atoms with van der Waals surface area (Å²) in [6.45, 7) is 2.26. The van der Waals surface area contributed by atoms with Gasteiger partial charge in [0.1, 0.15) is 0 Å². The Morgan fingerprint density at radius 3 is 2.35 bits per heavy atom. The van der Waals surface area contributed by atoms with Crippen LogP contribution < -0.4 is 14.2 Å². The summed E-state index contributed by atoms with van der Waals surface area (Å²) in [6.07, 6.45) is 2.46. The quantitative estimate of drug-likeness (QED) is 0.780. The van der Waals surface area contributed by atoms with Crippen LogP contribution in [0.25, 0.3) is 6.08 Å². The zero-order chi connectivity index (χ0) is 17.0. The first-order chi connectivity index (χ1) is 11.1. The van der Waals surface area contributed by atoms with Crippen molar-refractivity contribution < 1.29 is 23.7 Å². The van der Waals surface area contributed by atoms with Gasteiger partial charge in [-0.05, 0) is 24.1 Å². The molecule has 0 N–H and O–H groups in total. The first-order valence-corrected chi connectivity index (χ1v) is 7.26. The molecule has 0 fully saturated rings. The second-order valence-corrected chi connectivity index (χ2v) is 4.89. The van der Waals surface area contributed by atoms with Gasteiger partial charge in [0.05, 0.1) is 40.6 Å². The number of carbonyl (C=O) groups excluding carboxylic acids is 1. The van der Waals surface area contributed by atoms with Crippen LogP contribution in [0.2, 0.25) is 0 Å². The van der Waals surface area contributed by atoms with Gasteiger partial charge >= 0.3 is 5.97 Å². The average Bonchev–Trinajstić information content (AvgIpc) is 2.78. The third-order valence-electron chi connectivity index (χ3n) is 3.70. The number of nitrogens with zero attached hydrogens (tertiary/aromatic N) is 1. The first kappa shape index (κ1) is 16.9. The van der Waals surface area contributed by atoms with Gasteiger partial charge in [-0.3, -0.25) is 4.99 Å². The van der Waals surface area contributed by atoms with Crippen molar-refractivity contribution in [1.29, 1.82) is 0 Å². The number of methoxy groups -OCH3 is 4. The highest BCUT2D eigenvalue weighted by Gasteiger charge is 2.25. The summed E-state index contributed by atoms with van der Waals surface area (Å²) in [5.41, 5.74) is 2.92. The maximum atomic E-state index is 11.9. The number of hydrogen-bond acceptors (Lipinski definition) is 6. The Bertz CT molecular complexity index is 676. The highest BCUT2D eigenvalue weighted by molar-refractivity contribution is 6.09. The second kappa shape index (κ2) is 7.17. The molecule has 0 unspecified atom stereocenters. The Balaban J connectivity index is 2.79. The Kier molecular flexibility index (Phi) is 5.26. The topological polar surface area (TPSA) is 66.4 Å². The van der Waals surface area contributed by atoms with Crippen molar-refractivity contribution in [2.75, 3.05) is 35.0 Å². The van der Waals surface area contributed by atoms with E-state index < -0.39 is 5.97 Å². The molecule has 2 rings (SSSR count). The highest BCUT2D eigenvalue weighted by atomic mass is 16.5. The lowest BCUT2D eigenvalue weighted by atomic mass is 9.98. The number of fused-ring (bicyclic) bond motifs is 1. The Labute approximate surface area is 135 Å². The summed E-state index contributed by atoms with van der Waals surface area (Å²) >= 11 is 0. The minimum atomic E-state index is -0.397. The van der Waals surface area contributed by atoms with Gasteiger partial charge in [-0.25, -0.2) is 4.79 Å². The summed E-state index contributed by atoms with van der Waals surface area (Å²) in [6, 6.07) is 1.82. The van der Waals surface area contributed by atoms with Crippen molar-refractivity contribution in [1.82, 2.24) is 0 Å². The lowest BCUT2D eigenvalue weighted by Gasteiger charge is -2.18. The molecule has 23 heavy (non-hydrogen) atoms. The number of ether oxygens (including phenoxy) is 4. The Hall–Kier alpha value is -2.50. The van der Waals surface area contributed by atoms with Gasteiger partial charge in [-0.15, -0.1) is 0 Å². The van der Waals surface area contributed by atoms with E-state index in [1.807, 2.05) is 13.0 Å². The molecule has 0 saturated heterocycles. The smallest absolute Gasteiger partial charge is 0.335 e. The third kappa shape index (κ3) is 3.02. The predicted octanol–water partition coefficient (Wildman–Crippen LogP) is 2.48. The molecule has 0 aromatic heterocycles. The summed E-state index contributed by atoms with van der Waals surface area (Å²) in [7, 11) is 6.04. The van der Waals surface area contributed by atoms with Crippen LogP contribution in [-0.2, 0) is 9.53 Å². The molecule has 0 bridgehead atoms. The molecular formula is C17H21NO5. The third-order valence-corrected chi connectivity index (χ3v) is 3.70. The van der Waals surface area contributed by atoms with Crippen LogP contribution in [0.3, 0.4) is 0 Å². The van der Waals surface area contributed by atoms with Gasteiger partial charge < -0.3 is 18.9 Å². The second-order valence-electron chi connectivity index (χ2n) is 4.89. The SMILES string of the molecule is CCC1=NCC(C(=O)OC)=Cc2cc(OC)c(OC)c(OC)c21. The minimum Gasteiger partial charge on any atom is -0.493 e. The van der Waals surface area contributed by atoms with Crippen molar-refractivity contribution in [3.63, 3.8) is 0 Å². The summed E-state index contributed by atoms with van der Waals surface area (Å²) < 4.78 is 21.2. The van der Waals surface area contributed by atoms with Crippen LogP contribution in [0.4, 0.5) is 0 Å². The number of rotatable bonds is 5. The molecule has 1 aliphatic rings. The zero-order valence-electron chi connectivity index (χ0n) is 14.1. The molecule has 1 heterocycles. The van der Waals surface area contributed by atoms with Crippen LogP contribution in [0.15, 0.2) is 16.6 Å². The fourth-order valence-electron chi connectivity index (χ4n) is 2.62. The van der Waals surface area contributed by atoms with Gasteiger partial charge in [0.15, 0.2) is 11.5 Å². The largest absolute Gasteiger partial charge is 0.493 e. The van der Waals surface area contributed by atoms with Crippen LogP contribution in [0.5, 0.6) is 17.2 Å². The molecule has 0 radical (unpaired) electrons. The molecule has 1 aliphatic heterocycles. The Morgan fingerprint density at radius 2 is 1.83 bits per heavy atom. The molecule has 0 saturated carbocycles. The lowest BCUT2D eigenvalue weighted by molar-refractivity contribution is -0.136. The van der Waals surface area contributed by atoms with Crippen molar-refractivity contribution in [2.45, 2.75) is 13.3 Å². The maximum absolute atomic E-state index is 11.9. The molecule has 1 aromatic carbocycles. The number of carbonyl (C=O) groups is 1. The zero-order valence-corrected chi connectivity index (χ0v) is 14.1. The van der Waals surface area contributed by atoms with Gasteiger partial charge in [0, 0.05) is 11.3 Å². The fraction of sp³-hybridized carbons (Fsp3) is 0.412. The van der Waals surface area contributed by atoms with Crippen LogP contribution in [0.1, 0.15) is 24.5 Å². The number of esters is 1. The van der Waals surface area contributed by atoms with Crippen molar-refractivity contribution in [3.8, 4) is 17.2 Å². The molecule has 6 heteroatoms. The van der Waals surface area contributed by atoms with E-state index in [-0.39, 0.29) is 6.54 Å². The molecule has 6 nitrogen and oxygen atoms in total. The van der Waals surface area contributed by atoms with E-state index in [0.717, 1.165) is 16.8 Å². The summed E-state index contributed by atoms with van der Waals surface area (Å²) in [5.74, 6) is 1.18. The van der Waals surface area contributed by atoms with Crippen molar-refractivity contribution >= 4 is 17.8 Å². The van der Waals surface area contributed by atoms with E-state index in [0.29, 0.717) is 29.2 Å². The normalized spacial score (nSPS) is 13.3. The number of hydrogen-bond donors (Lipinski definition) is 0. The van der Waals surface area contributed by atoms with E-state index >= 15 is 0 Å². The van der Waals surface area contributed by atoms with E-state index in [9.17, 15) is 4.79 Å². The maximum Gasteiger partial charge on any atom is 0.335 e. The van der Waals surface area contributed by atoms with Crippen LogP contribution >= 0.6 is 0 Å². The van der Waals surface area contributed by atoms with E-state index in [4.69, 9.17) is 18.9 Å². The molecular weight excluding hydrogens is 298 g/mol. The molecule has 0 atom stereocenters. The molecule has 1 aromatic rings. The number of benzene rings is 1. The van der Waals surface area contributed by atoms with Crippen LogP contribution in [-0.4, -0.2) is 46.7 Å². The van der Waals surface area contributed by atoms with Gasteiger partial charge in [0.2, 0.25) is 5.75 Å². The summed E-state index contributed by atoms with van der Waals surface area (Å²) in [4.78, 5) is 16.5. The Morgan fingerprint density at radius 1 is 1.13 bits per heavy atom. The summed E-state index contributed by atoms with van der Waals surface area (Å²) in [5, 5.41) is 0. The molecule has 0 spiro atoms. The standard InChI is InChI=1S/C17H21NO5/c1-6-12-14-10(7-11(9-18-12)17(19)23-5)8-13(20-2)15(21-3)16(14)22-4/h7-8H,6,9H2,1-5H3. The molecule has 124 valence electrons. The van der Waals surface area contributed by atoms with E-state index in [1.54, 1.807) is 27.4 Å². The van der Waals surface area contributed by atoms with Gasteiger partial charge in [0.25, 0.3) is 0 Å². The van der Waals surface area contributed by atoms with Crippen molar-refractivity contribution in [3.05, 3.63) is 22.8 Å². The van der Waals surface area contributed by atoms with E-state index in [1.165, 1.54) is 7.11 Å². The van der Waals surface area contributed by atoms with Crippen molar-refractivity contribution in [2.24, 2.45) is 4.99 Å². The fourth-order valence-corrected chi connectivity index (χ4v) is 2.62. The van der Waals surface area contributed by atoms with E-state index in [2.05, 4.69) is 4.99 Å². The minimum absolute atomic E-state index is 0.262. The number of aliphatic imine (C=N–C) groups is 1. The van der Waals surface area contributed by atoms with Crippen LogP contribution in [0, 0.1) is 0 Å². The highest BCUT2D eigenvalue weighted by Crippen LogP contribution is 2.43. The molecule has 0 amide bonds. The molecule has 0 aliphatic carbocycles.